The minimum Gasteiger partial charge on any atom is -0.352 e. The van der Waals surface area contributed by atoms with Crippen molar-refractivity contribution in [3.63, 3.8) is 0 Å². The van der Waals surface area contributed by atoms with Crippen molar-refractivity contribution in [1.29, 1.82) is 0 Å². The molecule has 3 rings (SSSR count). The lowest BCUT2D eigenvalue weighted by atomic mass is 10.1. The third-order valence-corrected chi connectivity index (χ3v) is 5.09. The van der Waals surface area contributed by atoms with Crippen LogP contribution in [0.25, 0.3) is 0 Å². The molecule has 0 aliphatic carbocycles. The van der Waals surface area contributed by atoms with Crippen LogP contribution < -0.4 is 5.32 Å². The van der Waals surface area contributed by atoms with Gasteiger partial charge in [-0.25, -0.2) is 0 Å². The Labute approximate surface area is 157 Å². The largest absolute Gasteiger partial charge is 0.352 e. The summed E-state index contributed by atoms with van der Waals surface area (Å²) in [6.07, 6.45) is 7.30. The molecule has 0 radical (unpaired) electrons. The van der Waals surface area contributed by atoms with Crippen molar-refractivity contribution in [2.75, 3.05) is 19.6 Å². The highest BCUT2D eigenvalue weighted by molar-refractivity contribution is 5.94. The topological polar surface area (TPSA) is 32.3 Å². The number of likely N-dealkylation sites (tertiary alicyclic amines) is 1. The van der Waals surface area contributed by atoms with Gasteiger partial charge in [0, 0.05) is 18.7 Å². The molecule has 0 atom stereocenters. The maximum absolute atomic E-state index is 12.3. The zero-order valence-electron chi connectivity index (χ0n) is 15.6. The molecule has 3 heteroatoms. The van der Waals surface area contributed by atoms with Gasteiger partial charge in [-0.15, -0.1) is 0 Å². The molecule has 0 bridgehead atoms. The van der Waals surface area contributed by atoms with Crippen LogP contribution in [0, 0.1) is 0 Å². The first-order valence-corrected chi connectivity index (χ1v) is 9.95. The van der Waals surface area contributed by atoms with Crippen LogP contribution in [0.5, 0.6) is 0 Å². The molecule has 0 aromatic heterocycles. The molecule has 1 N–H and O–H groups in total. The van der Waals surface area contributed by atoms with Crippen LogP contribution in [0.4, 0.5) is 0 Å². The van der Waals surface area contributed by atoms with Crippen LogP contribution >= 0.6 is 0 Å². The van der Waals surface area contributed by atoms with Gasteiger partial charge in [-0.05, 0) is 62.0 Å². The second-order valence-corrected chi connectivity index (χ2v) is 7.23. The zero-order chi connectivity index (χ0) is 18.0. The molecule has 0 spiro atoms. The first kappa shape index (κ1) is 18.7. The van der Waals surface area contributed by atoms with E-state index < -0.39 is 0 Å². The van der Waals surface area contributed by atoms with E-state index in [1.54, 1.807) is 0 Å². The van der Waals surface area contributed by atoms with Gasteiger partial charge in [-0.2, -0.15) is 0 Å². The Hall–Kier alpha value is -2.13. The van der Waals surface area contributed by atoms with Gasteiger partial charge in [0.25, 0.3) is 5.91 Å². The third-order valence-electron chi connectivity index (χ3n) is 5.09. The molecule has 2 aromatic rings. The fourth-order valence-electron chi connectivity index (χ4n) is 3.56. The quantitative estimate of drug-likeness (QED) is 0.750. The summed E-state index contributed by atoms with van der Waals surface area (Å²) < 4.78 is 0. The number of carbonyl (C=O) groups is 1. The molecule has 3 nitrogen and oxygen atoms in total. The summed E-state index contributed by atoms with van der Waals surface area (Å²) in [5.41, 5.74) is 3.37. The number of amides is 1. The molecular weight excluding hydrogens is 320 g/mol. The molecule has 1 fully saturated rings. The van der Waals surface area contributed by atoms with E-state index in [1.165, 1.54) is 49.9 Å². The first-order chi connectivity index (χ1) is 12.8. The smallest absolute Gasteiger partial charge is 0.251 e. The van der Waals surface area contributed by atoms with Crippen molar-refractivity contribution in [2.45, 2.75) is 45.1 Å². The summed E-state index contributed by atoms with van der Waals surface area (Å²) in [4.78, 5) is 14.8. The number of rotatable bonds is 7. The molecule has 1 saturated heterocycles. The second kappa shape index (κ2) is 10.1. The summed E-state index contributed by atoms with van der Waals surface area (Å²) in [7, 11) is 0. The van der Waals surface area contributed by atoms with E-state index >= 15 is 0 Å². The predicted octanol–water partition coefficient (Wildman–Crippen LogP) is 4.43. The number of nitrogens with one attached hydrogen (secondary N) is 1. The van der Waals surface area contributed by atoms with Crippen LogP contribution in [0.2, 0.25) is 0 Å². The van der Waals surface area contributed by atoms with E-state index in [4.69, 9.17) is 0 Å². The lowest BCUT2D eigenvalue weighted by Gasteiger charge is -2.19. The van der Waals surface area contributed by atoms with Gasteiger partial charge in [0.1, 0.15) is 0 Å². The normalized spacial score (nSPS) is 15.4. The monoisotopic (exact) mass is 350 g/mol. The van der Waals surface area contributed by atoms with Crippen molar-refractivity contribution in [2.24, 2.45) is 0 Å². The molecule has 1 amide bonds. The van der Waals surface area contributed by atoms with Crippen LogP contribution in [0.1, 0.15) is 53.6 Å². The van der Waals surface area contributed by atoms with E-state index in [0.717, 1.165) is 24.9 Å². The lowest BCUT2D eigenvalue weighted by Crippen LogP contribution is -2.25. The highest BCUT2D eigenvalue weighted by Gasteiger charge is 2.10. The zero-order valence-corrected chi connectivity index (χ0v) is 15.6. The van der Waals surface area contributed by atoms with E-state index in [2.05, 4.69) is 46.6 Å². The Balaban J connectivity index is 1.41. The van der Waals surface area contributed by atoms with Crippen molar-refractivity contribution in [3.8, 4) is 0 Å². The minimum atomic E-state index is 0.0272. The number of benzene rings is 2. The number of hydrogen-bond acceptors (Lipinski definition) is 2. The standard InChI is InChI=1S/C23H30N2O/c26-23(24-16-8-11-20-9-4-3-5-10-20)22-14-12-21(13-15-22)19-25-17-6-1-2-7-18-25/h3-5,9-10,12-15H,1-2,6-8,11,16-19H2,(H,24,26). The highest BCUT2D eigenvalue weighted by atomic mass is 16.1. The van der Waals surface area contributed by atoms with Gasteiger partial charge in [0.15, 0.2) is 0 Å². The Morgan fingerprint density at radius 3 is 2.23 bits per heavy atom. The molecule has 2 aromatic carbocycles. The van der Waals surface area contributed by atoms with E-state index in [0.29, 0.717) is 6.54 Å². The van der Waals surface area contributed by atoms with Gasteiger partial charge in [0.05, 0.1) is 0 Å². The SMILES string of the molecule is O=C(NCCCc1ccccc1)c1ccc(CN2CCCCCC2)cc1. The van der Waals surface area contributed by atoms with Crippen LogP contribution in [0.15, 0.2) is 54.6 Å². The Morgan fingerprint density at radius 2 is 1.54 bits per heavy atom. The average molecular weight is 351 g/mol. The molecule has 0 saturated carbocycles. The summed E-state index contributed by atoms with van der Waals surface area (Å²) in [6.45, 7) is 4.11. The highest BCUT2D eigenvalue weighted by Crippen LogP contribution is 2.14. The molecule has 138 valence electrons. The van der Waals surface area contributed by atoms with Crippen LogP contribution in [-0.2, 0) is 13.0 Å². The summed E-state index contributed by atoms with van der Waals surface area (Å²) in [6, 6.07) is 18.5. The van der Waals surface area contributed by atoms with Crippen LogP contribution in [0.3, 0.4) is 0 Å². The van der Waals surface area contributed by atoms with Crippen molar-refractivity contribution >= 4 is 5.91 Å². The Bertz CT molecular complexity index is 658. The first-order valence-electron chi connectivity index (χ1n) is 9.95. The van der Waals surface area contributed by atoms with Crippen molar-refractivity contribution < 1.29 is 4.79 Å². The average Bonchev–Trinajstić information content (AvgIpc) is 2.95. The second-order valence-electron chi connectivity index (χ2n) is 7.23. The third kappa shape index (κ3) is 5.99. The number of aryl methyl sites for hydroxylation is 1. The summed E-state index contributed by atoms with van der Waals surface area (Å²) in [5.74, 6) is 0.0272. The van der Waals surface area contributed by atoms with E-state index in [9.17, 15) is 4.79 Å². The molecule has 1 aliphatic heterocycles. The Morgan fingerprint density at radius 1 is 0.846 bits per heavy atom. The maximum Gasteiger partial charge on any atom is 0.251 e. The summed E-state index contributed by atoms with van der Waals surface area (Å²) in [5, 5.41) is 3.03. The lowest BCUT2D eigenvalue weighted by molar-refractivity contribution is 0.0953. The fraction of sp³-hybridized carbons (Fsp3) is 0.435. The molecule has 26 heavy (non-hydrogen) atoms. The predicted molar refractivity (Wildman–Crippen MR) is 107 cm³/mol. The number of hydrogen-bond donors (Lipinski definition) is 1. The Kier molecular flexibility index (Phi) is 7.26. The fourth-order valence-corrected chi connectivity index (χ4v) is 3.56. The van der Waals surface area contributed by atoms with Gasteiger partial charge in [0.2, 0.25) is 0 Å². The van der Waals surface area contributed by atoms with E-state index in [1.807, 2.05) is 18.2 Å². The maximum atomic E-state index is 12.3. The molecule has 1 heterocycles. The van der Waals surface area contributed by atoms with Gasteiger partial charge in [-0.3, -0.25) is 9.69 Å². The van der Waals surface area contributed by atoms with Crippen molar-refractivity contribution in [3.05, 3.63) is 71.3 Å². The molecule has 1 aliphatic rings. The van der Waals surface area contributed by atoms with Gasteiger partial charge >= 0.3 is 0 Å². The number of carbonyl (C=O) groups excluding carboxylic acids is 1. The van der Waals surface area contributed by atoms with Gasteiger partial charge < -0.3 is 5.32 Å². The van der Waals surface area contributed by atoms with Crippen LogP contribution in [-0.4, -0.2) is 30.4 Å². The van der Waals surface area contributed by atoms with Crippen molar-refractivity contribution in [1.82, 2.24) is 10.2 Å². The van der Waals surface area contributed by atoms with E-state index in [-0.39, 0.29) is 5.91 Å². The summed E-state index contributed by atoms with van der Waals surface area (Å²) >= 11 is 0. The minimum absolute atomic E-state index is 0.0272. The molecule has 0 unspecified atom stereocenters. The number of nitrogens with zero attached hydrogens (tertiary/aromatic N) is 1. The molecular formula is C23H30N2O. The van der Waals surface area contributed by atoms with Gasteiger partial charge in [-0.1, -0.05) is 55.3 Å².